The van der Waals surface area contributed by atoms with E-state index in [-0.39, 0.29) is 5.97 Å². The molecule has 0 fully saturated rings. The summed E-state index contributed by atoms with van der Waals surface area (Å²) in [7, 11) is 0. The number of carbonyl (C=O) groups excluding carboxylic acids is 1. The fourth-order valence-corrected chi connectivity index (χ4v) is 5.26. The Morgan fingerprint density at radius 2 is 0.763 bits per heavy atom. The topological polar surface area (TPSA) is 63.6 Å². The maximum absolute atomic E-state index is 12.1. The molecule has 0 spiro atoms. The standard InChI is InChI=1S/C34H66O4/c1-3-5-7-9-11-13-15-17-19-20-22-24-26-28-30-32(34(36)37)38-33(35)31-29-27-25-23-21-18-16-14-12-10-8-6-4-2/h32H,3-31H2,1-2H3,(H,36,37). The van der Waals surface area contributed by atoms with Gasteiger partial charge in [0.05, 0.1) is 0 Å². The number of aliphatic carboxylic acids is 1. The normalized spacial score (nSPS) is 12.1. The number of carboxylic acids is 1. The summed E-state index contributed by atoms with van der Waals surface area (Å²) in [5, 5.41) is 9.43. The summed E-state index contributed by atoms with van der Waals surface area (Å²) in [6.45, 7) is 4.53. The number of carboxylic acid groups (broad SMARTS) is 1. The number of hydrogen-bond donors (Lipinski definition) is 1. The average molecular weight is 539 g/mol. The number of esters is 1. The Balaban J connectivity index is 3.54. The number of ether oxygens (including phenoxy) is 1. The van der Waals surface area contributed by atoms with Gasteiger partial charge in [-0.15, -0.1) is 0 Å². The molecular formula is C34H66O4. The predicted octanol–water partition coefficient (Wildman–Crippen LogP) is 11.3. The van der Waals surface area contributed by atoms with Crippen molar-refractivity contribution >= 4 is 11.9 Å². The Labute approximate surface area is 237 Å². The van der Waals surface area contributed by atoms with Crippen molar-refractivity contribution in [1.82, 2.24) is 0 Å². The van der Waals surface area contributed by atoms with Gasteiger partial charge in [-0.25, -0.2) is 4.79 Å². The first kappa shape index (κ1) is 36.9. The third-order valence-electron chi connectivity index (χ3n) is 7.85. The molecule has 0 bridgehead atoms. The van der Waals surface area contributed by atoms with E-state index in [1.165, 1.54) is 135 Å². The zero-order valence-electron chi connectivity index (χ0n) is 25.8. The van der Waals surface area contributed by atoms with E-state index < -0.39 is 12.1 Å². The molecule has 0 aliphatic rings. The number of carbonyl (C=O) groups is 2. The lowest BCUT2D eigenvalue weighted by Crippen LogP contribution is -2.27. The molecule has 1 atom stereocenters. The highest BCUT2D eigenvalue weighted by atomic mass is 16.6. The van der Waals surface area contributed by atoms with Crippen molar-refractivity contribution in [1.29, 1.82) is 0 Å². The Bertz CT molecular complexity index is 505. The molecule has 0 aliphatic heterocycles. The SMILES string of the molecule is CCCCCCCCCCCCCCCCC(OC(=O)CCCCCCCCCCCCCCC)C(=O)O. The van der Waals surface area contributed by atoms with Gasteiger partial charge in [-0.1, -0.05) is 174 Å². The van der Waals surface area contributed by atoms with Crippen LogP contribution in [0.1, 0.15) is 200 Å². The summed E-state index contributed by atoms with van der Waals surface area (Å²) in [6, 6.07) is 0. The van der Waals surface area contributed by atoms with Gasteiger partial charge < -0.3 is 9.84 Å². The molecule has 4 heteroatoms. The maximum Gasteiger partial charge on any atom is 0.345 e. The van der Waals surface area contributed by atoms with Crippen LogP contribution in [0, 0.1) is 0 Å². The molecule has 0 amide bonds. The molecule has 4 nitrogen and oxygen atoms in total. The van der Waals surface area contributed by atoms with Crippen LogP contribution in [0.5, 0.6) is 0 Å². The van der Waals surface area contributed by atoms with Crippen molar-refractivity contribution in [3.8, 4) is 0 Å². The smallest absolute Gasteiger partial charge is 0.345 e. The minimum atomic E-state index is -1.00. The van der Waals surface area contributed by atoms with Gasteiger partial charge in [-0.2, -0.15) is 0 Å². The molecule has 0 saturated heterocycles. The Hall–Kier alpha value is -1.06. The monoisotopic (exact) mass is 538 g/mol. The highest BCUT2D eigenvalue weighted by molar-refractivity contribution is 5.77. The van der Waals surface area contributed by atoms with Gasteiger partial charge in [-0.05, 0) is 19.3 Å². The van der Waals surface area contributed by atoms with Crippen molar-refractivity contribution in [3.05, 3.63) is 0 Å². The molecule has 38 heavy (non-hydrogen) atoms. The summed E-state index contributed by atoms with van der Waals surface area (Å²) in [6.07, 6.45) is 34.1. The molecule has 0 radical (unpaired) electrons. The van der Waals surface area contributed by atoms with Crippen LogP contribution in [0.4, 0.5) is 0 Å². The third kappa shape index (κ3) is 28.0. The molecule has 0 aliphatic carbocycles. The maximum atomic E-state index is 12.1. The molecule has 0 aromatic heterocycles. The minimum Gasteiger partial charge on any atom is -0.479 e. The molecular weight excluding hydrogens is 472 g/mol. The highest BCUT2D eigenvalue weighted by Crippen LogP contribution is 2.16. The molecule has 1 unspecified atom stereocenters. The van der Waals surface area contributed by atoms with Crippen LogP contribution >= 0.6 is 0 Å². The lowest BCUT2D eigenvalue weighted by Gasteiger charge is -2.13. The van der Waals surface area contributed by atoms with E-state index in [0.717, 1.165) is 38.5 Å². The van der Waals surface area contributed by atoms with E-state index in [2.05, 4.69) is 13.8 Å². The molecule has 0 aromatic carbocycles. The van der Waals surface area contributed by atoms with Crippen LogP contribution in [-0.2, 0) is 14.3 Å². The fraction of sp³-hybridized carbons (Fsp3) is 0.941. The van der Waals surface area contributed by atoms with Crippen LogP contribution in [-0.4, -0.2) is 23.1 Å². The number of rotatable bonds is 31. The average Bonchev–Trinajstić information content (AvgIpc) is 2.90. The van der Waals surface area contributed by atoms with Crippen molar-refractivity contribution in [2.75, 3.05) is 0 Å². The van der Waals surface area contributed by atoms with Crippen LogP contribution in [0.25, 0.3) is 0 Å². The van der Waals surface area contributed by atoms with Crippen LogP contribution in [0.3, 0.4) is 0 Å². The van der Waals surface area contributed by atoms with Gasteiger partial charge in [0.15, 0.2) is 6.10 Å². The third-order valence-corrected chi connectivity index (χ3v) is 7.85. The van der Waals surface area contributed by atoms with Crippen molar-refractivity contribution in [2.24, 2.45) is 0 Å². The Morgan fingerprint density at radius 3 is 1.08 bits per heavy atom. The molecule has 0 heterocycles. The van der Waals surface area contributed by atoms with Crippen LogP contribution in [0.15, 0.2) is 0 Å². The Morgan fingerprint density at radius 1 is 0.474 bits per heavy atom. The summed E-state index contributed by atoms with van der Waals surface area (Å²) in [4.78, 5) is 23.6. The van der Waals surface area contributed by atoms with Crippen molar-refractivity contribution < 1.29 is 19.4 Å². The lowest BCUT2D eigenvalue weighted by atomic mass is 10.0. The largest absolute Gasteiger partial charge is 0.479 e. The molecule has 1 N–H and O–H groups in total. The number of hydrogen-bond acceptors (Lipinski definition) is 3. The minimum absolute atomic E-state index is 0.342. The quantitative estimate of drug-likeness (QED) is 0.0704. The molecule has 0 rings (SSSR count). The van der Waals surface area contributed by atoms with E-state index in [4.69, 9.17) is 4.74 Å². The van der Waals surface area contributed by atoms with Gasteiger partial charge >= 0.3 is 11.9 Å². The van der Waals surface area contributed by atoms with E-state index in [9.17, 15) is 14.7 Å². The lowest BCUT2D eigenvalue weighted by molar-refractivity contribution is -0.164. The van der Waals surface area contributed by atoms with E-state index >= 15 is 0 Å². The zero-order valence-corrected chi connectivity index (χ0v) is 25.8. The molecule has 0 aromatic rings. The zero-order chi connectivity index (χ0) is 27.9. The fourth-order valence-electron chi connectivity index (χ4n) is 5.26. The van der Waals surface area contributed by atoms with E-state index in [0.29, 0.717) is 12.8 Å². The van der Waals surface area contributed by atoms with Gasteiger partial charge in [0.2, 0.25) is 0 Å². The van der Waals surface area contributed by atoms with Gasteiger partial charge in [0.1, 0.15) is 0 Å². The predicted molar refractivity (Wildman–Crippen MR) is 163 cm³/mol. The highest BCUT2D eigenvalue weighted by Gasteiger charge is 2.21. The van der Waals surface area contributed by atoms with Gasteiger partial charge in [-0.3, -0.25) is 4.79 Å². The summed E-state index contributed by atoms with van der Waals surface area (Å²) in [5.41, 5.74) is 0. The van der Waals surface area contributed by atoms with E-state index in [1.807, 2.05) is 0 Å². The summed E-state index contributed by atoms with van der Waals surface area (Å²) < 4.78 is 5.29. The first-order chi connectivity index (χ1) is 18.6. The van der Waals surface area contributed by atoms with E-state index in [1.54, 1.807) is 0 Å². The van der Waals surface area contributed by atoms with Crippen molar-refractivity contribution in [3.63, 3.8) is 0 Å². The van der Waals surface area contributed by atoms with Gasteiger partial charge in [0.25, 0.3) is 0 Å². The first-order valence-corrected chi connectivity index (χ1v) is 17.0. The second-order valence-corrected chi connectivity index (χ2v) is 11.7. The Kier molecular flexibility index (Phi) is 29.6. The van der Waals surface area contributed by atoms with Gasteiger partial charge in [0, 0.05) is 6.42 Å². The first-order valence-electron chi connectivity index (χ1n) is 17.0. The second-order valence-electron chi connectivity index (χ2n) is 11.7. The van der Waals surface area contributed by atoms with Crippen LogP contribution in [0.2, 0.25) is 0 Å². The molecule has 0 saturated carbocycles. The number of unbranched alkanes of at least 4 members (excludes halogenated alkanes) is 25. The summed E-state index contributed by atoms with van der Waals surface area (Å²) >= 11 is 0. The van der Waals surface area contributed by atoms with Crippen molar-refractivity contribution in [2.45, 2.75) is 206 Å². The molecule has 226 valence electrons. The summed E-state index contributed by atoms with van der Waals surface area (Å²) in [5.74, 6) is -1.34. The second kappa shape index (κ2) is 30.5. The van der Waals surface area contributed by atoms with Crippen LogP contribution < -0.4 is 0 Å².